The number of piperidine rings is 1. The van der Waals surface area contributed by atoms with Crippen LogP contribution < -0.4 is 14.4 Å². The van der Waals surface area contributed by atoms with Crippen molar-refractivity contribution in [2.75, 3.05) is 32.2 Å². The summed E-state index contributed by atoms with van der Waals surface area (Å²) in [5.74, 6) is 1.24. The summed E-state index contributed by atoms with van der Waals surface area (Å²) < 4.78 is 10.6. The van der Waals surface area contributed by atoms with Crippen molar-refractivity contribution in [3.05, 3.63) is 40.8 Å². The normalized spacial score (nSPS) is 15.0. The first-order chi connectivity index (χ1) is 12.6. The molecule has 1 fully saturated rings. The molecule has 1 saturated heterocycles. The fourth-order valence-electron chi connectivity index (χ4n) is 3.00. The fourth-order valence-corrected chi connectivity index (χ4v) is 4.00. The van der Waals surface area contributed by atoms with Crippen molar-refractivity contribution >= 4 is 40.4 Å². The lowest BCUT2D eigenvalue weighted by Gasteiger charge is -2.30. The second kappa shape index (κ2) is 9.65. The Bertz CT molecular complexity index is 836. The maximum atomic E-state index is 9.65. The fraction of sp³-hybridized carbons (Fsp3) is 0.350. The van der Waals surface area contributed by atoms with Gasteiger partial charge in [-0.15, -0.1) is 23.7 Å². The van der Waals surface area contributed by atoms with Gasteiger partial charge in [0, 0.05) is 18.0 Å². The van der Waals surface area contributed by atoms with Gasteiger partial charge in [0.25, 0.3) is 0 Å². The summed E-state index contributed by atoms with van der Waals surface area (Å²) in [6.45, 7) is 1.73. The number of hydrogen-bond donors (Lipinski definition) is 1. The van der Waals surface area contributed by atoms with E-state index in [1.807, 2.05) is 24.3 Å². The molecule has 0 atom stereocenters. The van der Waals surface area contributed by atoms with Gasteiger partial charge in [-0.05, 0) is 54.8 Å². The molecule has 0 radical (unpaired) electrons. The molecule has 27 heavy (non-hydrogen) atoms. The molecule has 1 aromatic carbocycles. The van der Waals surface area contributed by atoms with Crippen molar-refractivity contribution in [3.63, 3.8) is 0 Å². The van der Waals surface area contributed by atoms with E-state index in [9.17, 15) is 10.4 Å². The monoisotopic (exact) mass is 406 g/mol. The molecule has 0 bridgehead atoms. The number of anilines is 1. The first-order valence-electron chi connectivity index (χ1n) is 8.51. The number of hydrogen-bond acceptors (Lipinski definition) is 6. The minimum atomic E-state index is -0.180. The minimum Gasteiger partial charge on any atom is -0.493 e. The van der Waals surface area contributed by atoms with Crippen LogP contribution in [0.5, 0.6) is 11.5 Å². The highest BCUT2D eigenvalue weighted by Crippen LogP contribution is 2.33. The molecule has 1 aromatic heterocycles. The first kappa shape index (κ1) is 21.1. The summed E-state index contributed by atoms with van der Waals surface area (Å²) in [5, 5.41) is 20.4. The Balaban J connectivity index is 0.00000261. The number of methoxy groups -OCH3 is 2. The zero-order chi connectivity index (χ0) is 18.5. The van der Waals surface area contributed by atoms with Gasteiger partial charge in [0.15, 0.2) is 11.5 Å². The van der Waals surface area contributed by atoms with Crippen molar-refractivity contribution in [1.29, 1.82) is 5.26 Å². The van der Waals surface area contributed by atoms with E-state index in [4.69, 9.17) is 9.47 Å². The summed E-state index contributed by atoms with van der Waals surface area (Å²) in [6.07, 6.45) is 3.32. The molecule has 3 rings (SSSR count). The number of benzene rings is 1. The first-order valence-corrected chi connectivity index (χ1v) is 9.33. The van der Waals surface area contributed by atoms with Gasteiger partial charge in [-0.2, -0.15) is 5.26 Å². The predicted octanol–water partition coefficient (Wildman–Crippen LogP) is 4.21. The zero-order valence-corrected chi connectivity index (χ0v) is 17.0. The van der Waals surface area contributed by atoms with Crippen molar-refractivity contribution < 1.29 is 14.6 Å². The minimum absolute atomic E-state index is 0. The third-order valence-electron chi connectivity index (χ3n) is 4.49. The molecule has 1 aliphatic heterocycles. The van der Waals surface area contributed by atoms with E-state index in [1.165, 1.54) is 5.00 Å². The third kappa shape index (κ3) is 4.95. The number of ether oxygens (including phenoxy) is 2. The topological polar surface area (TPSA) is 65.7 Å². The number of allylic oxidation sites excluding steroid dienone is 1. The van der Waals surface area contributed by atoms with Crippen LogP contribution in [0, 0.1) is 11.3 Å². The molecule has 1 aliphatic rings. The van der Waals surface area contributed by atoms with Gasteiger partial charge in [0.1, 0.15) is 0 Å². The van der Waals surface area contributed by atoms with E-state index in [2.05, 4.69) is 17.0 Å². The number of thiophene rings is 1. The van der Waals surface area contributed by atoms with Crippen LogP contribution in [0.25, 0.3) is 11.6 Å². The summed E-state index contributed by atoms with van der Waals surface area (Å²) >= 11 is 1.66. The Morgan fingerprint density at radius 2 is 1.89 bits per heavy atom. The van der Waals surface area contributed by atoms with Crippen LogP contribution in [0.15, 0.2) is 30.3 Å². The highest BCUT2D eigenvalue weighted by molar-refractivity contribution is 7.17. The Morgan fingerprint density at radius 3 is 2.52 bits per heavy atom. The molecule has 0 spiro atoms. The predicted molar refractivity (Wildman–Crippen MR) is 112 cm³/mol. The summed E-state index contributed by atoms with van der Waals surface area (Å²) in [7, 11) is 3.17. The molecule has 0 aliphatic carbocycles. The van der Waals surface area contributed by atoms with E-state index >= 15 is 0 Å². The van der Waals surface area contributed by atoms with Gasteiger partial charge in [0.2, 0.25) is 0 Å². The Hall–Kier alpha value is -2.20. The number of rotatable bonds is 5. The third-order valence-corrected chi connectivity index (χ3v) is 5.58. The van der Waals surface area contributed by atoms with E-state index in [0.717, 1.165) is 36.4 Å². The molecule has 7 heteroatoms. The van der Waals surface area contributed by atoms with Crippen LogP contribution in [0.4, 0.5) is 5.00 Å². The van der Waals surface area contributed by atoms with Crippen LogP contribution in [-0.4, -0.2) is 38.5 Å². The molecule has 5 nitrogen and oxygen atoms in total. The van der Waals surface area contributed by atoms with Gasteiger partial charge < -0.3 is 19.5 Å². The Labute approximate surface area is 169 Å². The molecule has 0 saturated carbocycles. The van der Waals surface area contributed by atoms with Gasteiger partial charge in [-0.1, -0.05) is 0 Å². The maximum absolute atomic E-state index is 9.65. The Morgan fingerprint density at radius 1 is 1.19 bits per heavy atom. The zero-order valence-electron chi connectivity index (χ0n) is 15.3. The van der Waals surface area contributed by atoms with Crippen molar-refractivity contribution in [1.82, 2.24) is 0 Å². The number of halogens is 1. The van der Waals surface area contributed by atoms with Crippen molar-refractivity contribution in [2.45, 2.75) is 18.9 Å². The van der Waals surface area contributed by atoms with Gasteiger partial charge >= 0.3 is 0 Å². The molecular formula is C20H23ClN2O3S. The van der Waals surface area contributed by atoms with Gasteiger partial charge in [-0.3, -0.25) is 0 Å². The Kier molecular flexibility index (Phi) is 7.55. The summed E-state index contributed by atoms with van der Waals surface area (Å²) in [6, 6.07) is 11.9. The summed E-state index contributed by atoms with van der Waals surface area (Å²) in [5.41, 5.74) is 1.37. The van der Waals surface area contributed by atoms with Crippen LogP contribution in [0.2, 0.25) is 0 Å². The van der Waals surface area contributed by atoms with Crippen LogP contribution in [0.1, 0.15) is 23.3 Å². The van der Waals surface area contributed by atoms with Crippen molar-refractivity contribution in [3.8, 4) is 17.6 Å². The number of aliphatic hydroxyl groups excluding tert-OH is 1. The smallest absolute Gasteiger partial charge is 0.161 e. The van der Waals surface area contributed by atoms with E-state index in [0.29, 0.717) is 17.1 Å². The van der Waals surface area contributed by atoms with E-state index < -0.39 is 0 Å². The average molecular weight is 407 g/mol. The van der Waals surface area contributed by atoms with Crippen LogP contribution in [0.3, 0.4) is 0 Å². The molecule has 1 N–H and O–H groups in total. The van der Waals surface area contributed by atoms with Gasteiger partial charge in [0.05, 0.1) is 37.0 Å². The highest BCUT2D eigenvalue weighted by Gasteiger charge is 2.18. The lowest BCUT2D eigenvalue weighted by atomic mass is 10.1. The van der Waals surface area contributed by atoms with Gasteiger partial charge in [-0.25, -0.2) is 0 Å². The van der Waals surface area contributed by atoms with E-state index in [1.54, 1.807) is 31.6 Å². The highest BCUT2D eigenvalue weighted by atomic mass is 35.5. The number of nitriles is 1. The number of aliphatic hydroxyl groups is 1. The van der Waals surface area contributed by atoms with Crippen LogP contribution >= 0.6 is 23.7 Å². The van der Waals surface area contributed by atoms with E-state index in [-0.39, 0.29) is 18.5 Å². The number of nitrogens with zero attached hydrogens (tertiary/aromatic N) is 2. The second-order valence-electron chi connectivity index (χ2n) is 6.13. The maximum Gasteiger partial charge on any atom is 0.161 e. The standard InChI is InChI=1S/C20H22N2O3S.ClH/c1-24-18-5-3-14(12-19(18)25-2)15(13-21)11-17-4-6-20(26-17)22-9-7-16(23)8-10-22;/h3-6,11-12,16,23H,7-10H2,1-2H3;1H. The largest absolute Gasteiger partial charge is 0.493 e. The average Bonchev–Trinajstić information content (AvgIpc) is 3.14. The quantitative estimate of drug-likeness (QED) is 0.753. The molecule has 2 aromatic rings. The lowest BCUT2D eigenvalue weighted by molar-refractivity contribution is 0.145. The SMILES string of the molecule is COc1ccc(C(C#N)=Cc2ccc(N3CCC(O)CC3)s2)cc1OC.Cl. The molecule has 2 heterocycles. The lowest BCUT2D eigenvalue weighted by Crippen LogP contribution is -2.35. The molecule has 144 valence electrons. The van der Waals surface area contributed by atoms with Crippen molar-refractivity contribution in [2.24, 2.45) is 0 Å². The second-order valence-corrected chi connectivity index (χ2v) is 7.23. The molecular weight excluding hydrogens is 384 g/mol. The summed E-state index contributed by atoms with van der Waals surface area (Å²) in [4.78, 5) is 3.31. The molecule has 0 unspecified atom stereocenters. The van der Waals surface area contributed by atoms with Crippen LogP contribution in [-0.2, 0) is 0 Å². The molecule has 0 amide bonds.